The van der Waals surface area contributed by atoms with Gasteiger partial charge in [-0.2, -0.15) is 0 Å². The van der Waals surface area contributed by atoms with Gasteiger partial charge in [0.1, 0.15) is 5.69 Å². The molecule has 1 aliphatic rings. The molecule has 128 valence electrons. The Hall–Kier alpha value is -1.68. The Kier molecular flexibility index (Phi) is 4.95. The van der Waals surface area contributed by atoms with E-state index in [0.29, 0.717) is 12.8 Å². The fourth-order valence-corrected chi connectivity index (χ4v) is 3.28. The zero-order valence-electron chi connectivity index (χ0n) is 12.1. The van der Waals surface area contributed by atoms with E-state index < -0.39 is 50.8 Å². The molecule has 1 fully saturated rings. The molecule has 1 amide bonds. The number of halogens is 4. The second-order valence-corrected chi connectivity index (χ2v) is 7.28. The minimum absolute atomic E-state index is 0.0341. The number of hydrogen-bond acceptors (Lipinski definition) is 3. The van der Waals surface area contributed by atoms with Crippen molar-refractivity contribution in [1.82, 2.24) is 4.31 Å². The number of anilines is 1. The number of sulfonamides is 1. The summed E-state index contributed by atoms with van der Waals surface area (Å²) < 4.78 is 77.3. The van der Waals surface area contributed by atoms with Crippen LogP contribution in [0, 0.1) is 29.2 Å². The number of carbonyl (C=O) groups is 1. The topological polar surface area (TPSA) is 66.5 Å². The second kappa shape index (κ2) is 6.44. The molecule has 23 heavy (non-hydrogen) atoms. The number of rotatable bonds is 3. The van der Waals surface area contributed by atoms with Crippen LogP contribution in [0.4, 0.5) is 23.2 Å². The van der Waals surface area contributed by atoms with E-state index in [2.05, 4.69) is 0 Å². The molecule has 5 nitrogen and oxygen atoms in total. The summed E-state index contributed by atoms with van der Waals surface area (Å²) in [6, 6.07) is 0.0341. The molecule has 1 heterocycles. The molecule has 1 N–H and O–H groups in total. The number of benzene rings is 1. The third-order valence-electron chi connectivity index (χ3n) is 3.58. The van der Waals surface area contributed by atoms with Crippen LogP contribution in [0.15, 0.2) is 6.07 Å². The molecule has 0 bridgehead atoms. The van der Waals surface area contributed by atoms with Gasteiger partial charge in [0, 0.05) is 19.2 Å². The average molecular weight is 354 g/mol. The maximum atomic E-state index is 13.5. The Morgan fingerprint density at radius 3 is 2.30 bits per heavy atom. The Morgan fingerprint density at radius 2 is 1.78 bits per heavy atom. The lowest BCUT2D eigenvalue weighted by Gasteiger charge is -2.30. The molecular weight excluding hydrogens is 340 g/mol. The van der Waals surface area contributed by atoms with Crippen LogP contribution in [0.2, 0.25) is 0 Å². The highest BCUT2D eigenvalue weighted by atomic mass is 32.2. The van der Waals surface area contributed by atoms with Gasteiger partial charge in [0.05, 0.1) is 12.2 Å². The SMILES string of the molecule is CS(=O)(=O)N1CCC[C@@H](C(=O)Nc2c(F)c(F)cc(F)c2F)C1. The lowest BCUT2D eigenvalue weighted by Crippen LogP contribution is -2.43. The van der Waals surface area contributed by atoms with Crippen molar-refractivity contribution < 1.29 is 30.8 Å². The van der Waals surface area contributed by atoms with Crippen LogP contribution in [0.5, 0.6) is 0 Å². The van der Waals surface area contributed by atoms with E-state index in [9.17, 15) is 30.8 Å². The molecule has 0 unspecified atom stereocenters. The molecule has 1 aromatic carbocycles. The quantitative estimate of drug-likeness (QED) is 0.666. The molecule has 0 radical (unpaired) electrons. The highest BCUT2D eigenvalue weighted by Crippen LogP contribution is 2.26. The molecule has 1 aromatic rings. The van der Waals surface area contributed by atoms with Gasteiger partial charge >= 0.3 is 0 Å². The van der Waals surface area contributed by atoms with Crippen LogP contribution in [-0.4, -0.2) is 38.0 Å². The van der Waals surface area contributed by atoms with Crippen LogP contribution in [0.3, 0.4) is 0 Å². The molecular formula is C13H14F4N2O3S. The minimum Gasteiger partial charge on any atom is -0.321 e. The smallest absolute Gasteiger partial charge is 0.228 e. The number of carbonyl (C=O) groups excluding carboxylic acids is 1. The van der Waals surface area contributed by atoms with E-state index in [-0.39, 0.29) is 19.2 Å². The second-order valence-electron chi connectivity index (χ2n) is 5.29. The fourth-order valence-electron chi connectivity index (χ4n) is 2.37. The Labute approximate surface area is 130 Å². The minimum atomic E-state index is -3.51. The maximum Gasteiger partial charge on any atom is 0.228 e. The summed E-state index contributed by atoms with van der Waals surface area (Å²) in [4.78, 5) is 12.1. The van der Waals surface area contributed by atoms with Gasteiger partial charge in [0.15, 0.2) is 23.3 Å². The Morgan fingerprint density at radius 1 is 1.22 bits per heavy atom. The van der Waals surface area contributed by atoms with Crippen LogP contribution < -0.4 is 5.32 Å². The number of nitrogens with one attached hydrogen (secondary N) is 1. The largest absolute Gasteiger partial charge is 0.321 e. The first-order chi connectivity index (χ1) is 10.6. The molecule has 0 saturated carbocycles. The summed E-state index contributed by atoms with van der Waals surface area (Å²) in [6.45, 7) is 0.0750. The fraction of sp³-hybridized carbons (Fsp3) is 0.462. The van der Waals surface area contributed by atoms with Crippen molar-refractivity contribution in [2.24, 2.45) is 5.92 Å². The molecule has 2 rings (SSSR count). The molecule has 1 saturated heterocycles. The molecule has 1 aliphatic heterocycles. The standard InChI is InChI=1S/C13H14F4N2O3S/c1-23(21,22)19-4-2-3-7(6-19)13(20)18-12-10(16)8(14)5-9(15)11(12)17/h5,7H,2-4,6H2,1H3,(H,18,20)/t7-/m1/s1. The highest BCUT2D eigenvalue weighted by molar-refractivity contribution is 7.88. The molecule has 0 aliphatic carbocycles. The lowest BCUT2D eigenvalue weighted by molar-refractivity contribution is -0.120. The van der Waals surface area contributed by atoms with Crippen molar-refractivity contribution in [3.8, 4) is 0 Å². The van der Waals surface area contributed by atoms with Crippen molar-refractivity contribution in [2.45, 2.75) is 12.8 Å². The normalized spacial score (nSPS) is 19.6. The van der Waals surface area contributed by atoms with Crippen molar-refractivity contribution in [3.63, 3.8) is 0 Å². The van der Waals surface area contributed by atoms with E-state index in [1.54, 1.807) is 0 Å². The summed E-state index contributed by atoms with van der Waals surface area (Å²) >= 11 is 0. The lowest BCUT2D eigenvalue weighted by atomic mass is 9.98. The molecule has 0 spiro atoms. The van der Waals surface area contributed by atoms with E-state index in [4.69, 9.17) is 0 Å². The summed E-state index contributed by atoms with van der Waals surface area (Å²) in [7, 11) is -3.51. The van der Waals surface area contributed by atoms with Crippen molar-refractivity contribution in [1.29, 1.82) is 0 Å². The van der Waals surface area contributed by atoms with Gasteiger partial charge in [-0.1, -0.05) is 0 Å². The van der Waals surface area contributed by atoms with E-state index in [0.717, 1.165) is 10.6 Å². The monoisotopic (exact) mass is 354 g/mol. The van der Waals surface area contributed by atoms with E-state index in [1.807, 2.05) is 5.32 Å². The van der Waals surface area contributed by atoms with Crippen molar-refractivity contribution >= 4 is 21.6 Å². The summed E-state index contributed by atoms with van der Waals surface area (Å²) in [6.07, 6.45) is 1.65. The predicted molar refractivity (Wildman–Crippen MR) is 74.0 cm³/mol. The number of piperidine rings is 1. The maximum absolute atomic E-state index is 13.5. The van der Waals surface area contributed by atoms with Gasteiger partial charge in [-0.05, 0) is 12.8 Å². The van der Waals surface area contributed by atoms with Gasteiger partial charge in [0.25, 0.3) is 0 Å². The van der Waals surface area contributed by atoms with Crippen LogP contribution in [-0.2, 0) is 14.8 Å². The van der Waals surface area contributed by atoms with Crippen molar-refractivity contribution in [2.75, 3.05) is 24.7 Å². The highest BCUT2D eigenvalue weighted by Gasteiger charge is 2.31. The van der Waals surface area contributed by atoms with Gasteiger partial charge in [-0.25, -0.2) is 30.3 Å². The van der Waals surface area contributed by atoms with Gasteiger partial charge in [-0.15, -0.1) is 0 Å². The molecule has 10 heteroatoms. The number of hydrogen-bond donors (Lipinski definition) is 1. The average Bonchev–Trinajstić information content (AvgIpc) is 2.48. The van der Waals surface area contributed by atoms with E-state index in [1.165, 1.54) is 0 Å². The summed E-state index contributed by atoms with van der Waals surface area (Å²) in [5.41, 5.74) is -1.22. The van der Waals surface area contributed by atoms with Crippen LogP contribution in [0.25, 0.3) is 0 Å². The van der Waals surface area contributed by atoms with Crippen LogP contribution in [0.1, 0.15) is 12.8 Å². The molecule has 0 aromatic heterocycles. The predicted octanol–water partition coefficient (Wildman–Crippen LogP) is 1.85. The summed E-state index contributed by atoms with van der Waals surface area (Å²) in [5.74, 6) is -8.48. The van der Waals surface area contributed by atoms with Crippen molar-refractivity contribution in [3.05, 3.63) is 29.3 Å². The van der Waals surface area contributed by atoms with Gasteiger partial charge in [0.2, 0.25) is 15.9 Å². The number of amides is 1. The van der Waals surface area contributed by atoms with E-state index >= 15 is 0 Å². The summed E-state index contributed by atoms with van der Waals surface area (Å²) in [5, 5.41) is 1.81. The third-order valence-corrected chi connectivity index (χ3v) is 4.85. The van der Waals surface area contributed by atoms with Gasteiger partial charge in [-0.3, -0.25) is 4.79 Å². The zero-order valence-corrected chi connectivity index (χ0v) is 12.9. The first-order valence-electron chi connectivity index (χ1n) is 6.70. The number of nitrogens with zero attached hydrogens (tertiary/aromatic N) is 1. The van der Waals surface area contributed by atoms with Gasteiger partial charge < -0.3 is 5.32 Å². The first kappa shape index (κ1) is 17.7. The Bertz CT molecular complexity index is 713. The molecule has 1 atom stereocenters. The first-order valence-corrected chi connectivity index (χ1v) is 8.55. The zero-order chi connectivity index (χ0) is 17.4. The Balaban J connectivity index is 2.20. The third kappa shape index (κ3) is 3.81. The van der Waals surface area contributed by atoms with Crippen LogP contribution >= 0.6 is 0 Å².